The Morgan fingerprint density at radius 3 is 2.88 bits per heavy atom. The van der Waals surface area contributed by atoms with Crippen molar-refractivity contribution in [2.45, 2.75) is 58.2 Å². The third-order valence-corrected chi connectivity index (χ3v) is 2.92. The molecule has 0 aliphatic rings. The fraction of sp³-hybridized carbons (Fsp3) is 0.833. The molecule has 1 heterocycles. The molecule has 1 aromatic heterocycles. The first-order valence-electron chi connectivity index (χ1n) is 6.32. The summed E-state index contributed by atoms with van der Waals surface area (Å²) in [6.07, 6.45) is 5.67. The van der Waals surface area contributed by atoms with E-state index in [1.807, 2.05) is 4.68 Å². The summed E-state index contributed by atoms with van der Waals surface area (Å²) < 4.78 is 7.15. The molecule has 0 radical (unpaired) electrons. The maximum absolute atomic E-state index is 6.10. The Morgan fingerprint density at radius 2 is 2.24 bits per heavy atom. The van der Waals surface area contributed by atoms with Gasteiger partial charge in [-0.1, -0.05) is 6.92 Å². The van der Waals surface area contributed by atoms with E-state index >= 15 is 0 Å². The van der Waals surface area contributed by atoms with E-state index in [1.165, 1.54) is 0 Å². The van der Waals surface area contributed by atoms with Gasteiger partial charge >= 0.3 is 0 Å². The molecule has 0 aromatic carbocycles. The third kappa shape index (κ3) is 4.83. The molecule has 98 valence electrons. The summed E-state index contributed by atoms with van der Waals surface area (Å²) in [6, 6.07) is 0.132. The van der Waals surface area contributed by atoms with Crippen LogP contribution >= 0.6 is 0 Å². The molecule has 2 N–H and O–H groups in total. The van der Waals surface area contributed by atoms with Crippen LogP contribution in [0.3, 0.4) is 0 Å². The van der Waals surface area contributed by atoms with Crippen molar-refractivity contribution in [3.05, 3.63) is 12.2 Å². The SMILES string of the molecule is CCCn1ncnc1CC(N)CCC(C)OC. The zero-order chi connectivity index (χ0) is 12.7. The van der Waals surface area contributed by atoms with E-state index < -0.39 is 0 Å². The smallest absolute Gasteiger partial charge is 0.138 e. The van der Waals surface area contributed by atoms with Crippen molar-refractivity contribution in [3.63, 3.8) is 0 Å². The van der Waals surface area contributed by atoms with E-state index in [4.69, 9.17) is 10.5 Å². The predicted octanol–water partition coefficient (Wildman–Crippen LogP) is 1.37. The van der Waals surface area contributed by atoms with Gasteiger partial charge in [-0.3, -0.25) is 4.68 Å². The summed E-state index contributed by atoms with van der Waals surface area (Å²) in [7, 11) is 1.73. The summed E-state index contributed by atoms with van der Waals surface area (Å²) in [6.45, 7) is 5.11. The minimum absolute atomic E-state index is 0.132. The lowest BCUT2D eigenvalue weighted by Gasteiger charge is -2.14. The van der Waals surface area contributed by atoms with Crippen LogP contribution in [0.15, 0.2) is 6.33 Å². The molecule has 0 saturated carbocycles. The Hall–Kier alpha value is -0.940. The fourth-order valence-corrected chi connectivity index (χ4v) is 1.75. The van der Waals surface area contributed by atoms with Gasteiger partial charge < -0.3 is 10.5 Å². The first-order valence-corrected chi connectivity index (χ1v) is 6.32. The van der Waals surface area contributed by atoms with Gasteiger partial charge in [0.05, 0.1) is 6.10 Å². The number of aromatic nitrogens is 3. The second kappa shape index (κ2) is 7.40. The molecule has 0 aliphatic heterocycles. The van der Waals surface area contributed by atoms with E-state index in [-0.39, 0.29) is 12.1 Å². The molecule has 5 heteroatoms. The van der Waals surface area contributed by atoms with Crippen LogP contribution in [0.4, 0.5) is 0 Å². The monoisotopic (exact) mass is 240 g/mol. The molecule has 2 atom stereocenters. The first kappa shape index (κ1) is 14.1. The summed E-state index contributed by atoms with van der Waals surface area (Å²) in [5.41, 5.74) is 6.10. The van der Waals surface area contributed by atoms with E-state index in [0.717, 1.165) is 38.1 Å². The molecule has 17 heavy (non-hydrogen) atoms. The highest BCUT2D eigenvalue weighted by atomic mass is 16.5. The average Bonchev–Trinajstić information content (AvgIpc) is 2.74. The van der Waals surface area contributed by atoms with Gasteiger partial charge in [0.25, 0.3) is 0 Å². The maximum Gasteiger partial charge on any atom is 0.138 e. The molecule has 0 fully saturated rings. The van der Waals surface area contributed by atoms with Crippen LogP contribution in [-0.2, 0) is 17.7 Å². The standard InChI is InChI=1S/C12H24N4O/c1-4-7-16-12(14-9-15-16)8-11(13)6-5-10(2)17-3/h9-11H,4-8,13H2,1-3H3. The van der Waals surface area contributed by atoms with Gasteiger partial charge in [0.2, 0.25) is 0 Å². The third-order valence-electron chi connectivity index (χ3n) is 2.92. The van der Waals surface area contributed by atoms with Crippen molar-refractivity contribution in [2.24, 2.45) is 5.73 Å². The van der Waals surface area contributed by atoms with Gasteiger partial charge in [-0.05, 0) is 26.2 Å². The molecule has 0 saturated heterocycles. The Balaban J connectivity index is 2.39. The van der Waals surface area contributed by atoms with E-state index in [1.54, 1.807) is 13.4 Å². The van der Waals surface area contributed by atoms with Crippen LogP contribution in [-0.4, -0.2) is 34.0 Å². The van der Waals surface area contributed by atoms with Crippen LogP contribution < -0.4 is 5.73 Å². The normalized spacial score (nSPS) is 14.8. The van der Waals surface area contributed by atoms with Crippen LogP contribution in [0.25, 0.3) is 0 Å². The van der Waals surface area contributed by atoms with Crippen molar-refractivity contribution in [3.8, 4) is 0 Å². The van der Waals surface area contributed by atoms with Crippen molar-refractivity contribution in [1.82, 2.24) is 14.8 Å². The zero-order valence-corrected chi connectivity index (χ0v) is 11.1. The van der Waals surface area contributed by atoms with Gasteiger partial charge in [-0.15, -0.1) is 0 Å². The molecule has 0 spiro atoms. The average molecular weight is 240 g/mol. The summed E-state index contributed by atoms with van der Waals surface area (Å²) >= 11 is 0. The van der Waals surface area contributed by atoms with Crippen LogP contribution in [0.1, 0.15) is 38.9 Å². The van der Waals surface area contributed by atoms with Crippen molar-refractivity contribution >= 4 is 0 Å². The Kier molecular flexibility index (Phi) is 6.15. The minimum Gasteiger partial charge on any atom is -0.382 e. The van der Waals surface area contributed by atoms with Crippen LogP contribution in [0.5, 0.6) is 0 Å². The molecule has 0 amide bonds. The van der Waals surface area contributed by atoms with Crippen LogP contribution in [0, 0.1) is 0 Å². The minimum atomic E-state index is 0.132. The van der Waals surface area contributed by atoms with Crippen molar-refractivity contribution < 1.29 is 4.74 Å². The summed E-state index contributed by atoms with van der Waals surface area (Å²) in [4.78, 5) is 4.26. The molecule has 0 aliphatic carbocycles. The second-order valence-corrected chi connectivity index (χ2v) is 4.49. The van der Waals surface area contributed by atoms with Crippen molar-refractivity contribution in [2.75, 3.05) is 7.11 Å². The molecular weight excluding hydrogens is 216 g/mol. The molecule has 1 rings (SSSR count). The number of rotatable bonds is 8. The van der Waals surface area contributed by atoms with E-state index in [0.29, 0.717) is 0 Å². The number of nitrogens with zero attached hydrogens (tertiary/aromatic N) is 3. The highest BCUT2D eigenvalue weighted by molar-refractivity contribution is 4.89. The maximum atomic E-state index is 6.10. The summed E-state index contributed by atoms with van der Waals surface area (Å²) in [5.74, 6) is 0.990. The lowest BCUT2D eigenvalue weighted by molar-refractivity contribution is 0.107. The van der Waals surface area contributed by atoms with Gasteiger partial charge in [0, 0.05) is 26.1 Å². The number of aryl methyl sites for hydroxylation is 1. The van der Waals surface area contributed by atoms with E-state index in [9.17, 15) is 0 Å². The Morgan fingerprint density at radius 1 is 1.47 bits per heavy atom. The van der Waals surface area contributed by atoms with Gasteiger partial charge in [-0.25, -0.2) is 4.98 Å². The number of nitrogens with two attached hydrogens (primary N) is 1. The Labute approximate surface area is 103 Å². The molecular formula is C12H24N4O. The predicted molar refractivity (Wildman–Crippen MR) is 67.7 cm³/mol. The fourth-order valence-electron chi connectivity index (χ4n) is 1.75. The highest BCUT2D eigenvalue weighted by Gasteiger charge is 2.11. The van der Waals surface area contributed by atoms with Gasteiger partial charge in [-0.2, -0.15) is 5.10 Å². The lowest BCUT2D eigenvalue weighted by atomic mass is 10.1. The van der Waals surface area contributed by atoms with Crippen LogP contribution in [0.2, 0.25) is 0 Å². The second-order valence-electron chi connectivity index (χ2n) is 4.49. The lowest BCUT2D eigenvalue weighted by Crippen LogP contribution is -2.26. The molecule has 0 bridgehead atoms. The van der Waals surface area contributed by atoms with Gasteiger partial charge in [0.15, 0.2) is 0 Å². The largest absolute Gasteiger partial charge is 0.382 e. The zero-order valence-electron chi connectivity index (χ0n) is 11.1. The highest BCUT2D eigenvalue weighted by Crippen LogP contribution is 2.07. The number of hydrogen-bond donors (Lipinski definition) is 1. The molecule has 5 nitrogen and oxygen atoms in total. The number of methoxy groups -OCH3 is 1. The molecule has 1 aromatic rings. The van der Waals surface area contributed by atoms with E-state index in [2.05, 4.69) is 23.9 Å². The van der Waals surface area contributed by atoms with Gasteiger partial charge in [0.1, 0.15) is 12.2 Å². The first-order chi connectivity index (χ1) is 8.17. The number of ether oxygens (including phenoxy) is 1. The summed E-state index contributed by atoms with van der Waals surface area (Å²) in [5, 5.41) is 4.20. The molecule has 2 unspecified atom stereocenters. The Bertz CT molecular complexity index is 313. The van der Waals surface area contributed by atoms with Crippen molar-refractivity contribution in [1.29, 1.82) is 0 Å². The quantitative estimate of drug-likeness (QED) is 0.745. The topological polar surface area (TPSA) is 66.0 Å². The number of hydrogen-bond acceptors (Lipinski definition) is 4.